The SMILES string of the molecule is Nc1ccc(-c2nc3ccc(OC(F)(F)F)cc3s2)cc1O. The number of nitrogens with two attached hydrogens (primary N) is 1. The van der Waals surface area contributed by atoms with Crippen molar-refractivity contribution in [3.63, 3.8) is 0 Å². The molecule has 3 aromatic rings. The molecule has 3 N–H and O–H groups in total. The molecule has 0 atom stereocenters. The van der Waals surface area contributed by atoms with E-state index in [1.54, 1.807) is 6.07 Å². The molecule has 0 spiro atoms. The Balaban J connectivity index is 2.00. The van der Waals surface area contributed by atoms with Gasteiger partial charge in [0, 0.05) is 5.56 Å². The fourth-order valence-corrected chi connectivity index (χ4v) is 2.89. The molecule has 2 aromatic carbocycles. The number of fused-ring (bicyclic) bond motifs is 1. The molecule has 1 heterocycles. The van der Waals surface area contributed by atoms with Gasteiger partial charge in [-0.25, -0.2) is 4.98 Å². The Hall–Kier alpha value is -2.48. The molecule has 0 saturated heterocycles. The monoisotopic (exact) mass is 326 g/mol. The van der Waals surface area contributed by atoms with E-state index in [-0.39, 0.29) is 17.2 Å². The summed E-state index contributed by atoms with van der Waals surface area (Å²) < 4.78 is 41.1. The Kier molecular flexibility index (Phi) is 3.32. The number of hydrogen-bond donors (Lipinski definition) is 2. The summed E-state index contributed by atoms with van der Waals surface area (Å²) >= 11 is 1.19. The smallest absolute Gasteiger partial charge is 0.506 e. The van der Waals surface area contributed by atoms with Crippen LogP contribution in [0.5, 0.6) is 11.5 Å². The maximum Gasteiger partial charge on any atom is 0.573 e. The quantitative estimate of drug-likeness (QED) is 0.548. The molecule has 114 valence electrons. The Bertz CT molecular complexity index is 846. The minimum absolute atomic E-state index is 0.0714. The van der Waals surface area contributed by atoms with E-state index in [4.69, 9.17) is 5.73 Å². The van der Waals surface area contributed by atoms with Gasteiger partial charge in [-0.1, -0.05) is 0 Å². The van der Waals surface area contributed by atoms with E-state index < -0.39 is 6.36 Å². The van der Waals surface area contributed by atoms with Crippen LogP contribution in [0.3, 0.4) is 0 Å². The molecule has 0 aliphatic rings. The zero-order valence-corrected chi connectivity index (χ0v) is 11.7. The number of aromatic hydroxyl groups is 1. The number of nitrogens with zero attached hydrogens (tertiary/aromatic N) is 1. The van der Waals surface area contributed by atoms with E-state index >= 15 is 0 Å². The molecule has 0 saturated carbocycles. The summed E-state index contributed by atoms with van der Waals surface area (Å²) in [6, 6.07) is 8.61. The van der Waals surface area contributed by atoms with Crippen LogP contribution >= 0.6 is 11.3 Å². The van der Waals surface area contributed by atoms with Crippen molar-refractivity contribution in [2.45, 2.75) is 6.36 Å². The van der Waals surface area contributed by atoms with Crippen LogP contribution < -0.4 is 10.5 Å². The van der Waals surface area contributed by atoms with Gasteiger partial charge in [-0.2, -0.15) is 0 Å². The average molecular weight is 326 g/mol. The van der Waals surface area contributed by atoms with Crippen molar-refractivity contribution >= 4 is 27.2 Å². The van der Waals surface area contributed by atoms with Gasteiger partial charge in [0.15, 0.2) is 0 Å². The Morgan fingerprint density at radius 1 is 1.14 bits per heavy atom. The molecule has 22 heavy (non-hydrogen) atoms. The highest BCUT2D eigenvalue weighted by Gasteiger charge is 2.31. The molecule has 0 aliphatic heterocycles. The molecule has 0 fully saturated rings. The number of halogens is 3. The average Bonchev–Trinajstić information content (AvgIpc) is 2.83. The van der Waals surface area contributed by atoms with Crippen molar-refractivity contribution in [1.29, 1.82) is 0 Å². The largest absolute Gasteiger partial charge is 0.573 e. The number of phenolic OH excluding ortho intramolecular Hbond substituents is 1. The normalized spacial score (nSPS) is 11.8. The molecule has 1 aromatic heterocycles. The van der Waals surface area contributed by atoms with Crippen molar-refractivity contribution in [3.05, 3.63) is 36.4 Å². The van der Waals surface area contributed by atoms with E-state index in [0.29, 0.717) is 20.8 Å². The number of phenols is 1. The maximum absolute atomic E-state index is 12.2. The summed E-state index contributed by atoms with van der Waals surface area (Å²) in [5.74, 6) is -0.367. The Labute approximate surface area is 126 Å². The molecule has 4 nitrogen and oxygen atoms in total. The van der Waals surface area contributed by atoms with Gasteiger partial charge in [-0.15, -0.1) is 24.5 Å². The third-order valence-corrected chi connectivity index (χ3v) is 3.94. The number of rotatable bonds is 2. The Morgan fingerprint density at radius 3 is 2.59 bits per heavy atom. The van der Waals surface area contributed by atoms with E-state index in [1.807, 2.05) is 0 Å². The van der Waals surface area contributed by atoms with Crippen molar-refractivity contribution in [2.24, 2.45) is 0 Å². The van der Waals surface area contributed by atoms with Gasteiger partial charge >= 0.3 is 6.36 Å². The molecular weight excluding hydrogens is 317 g/mol. The zero-order chi connectivity index (χ0) is 15.9. The van der Waals surface area contributed by atoms with Gasteiger partial charge in [0.2, 0.25) is 0 Å². The molecule has 0 aliphatic carbocycles. The van der Waals surface area contributed by atoms with Crippen LogP contribution in [0.25, 0.3) is 20.8 Å². The van der Waals surface area contributed by atoms with Crippen molar-refractivity contribution in [1.82, 2.24) is 4.98 Å². The van der Waals surface area contributed by atoms with Gasteiger partial charge < -0.3 is 15.6 Å². The fourth-order valence-electron chi connectivity index (χ4n) is 1.90. The third-order valence-electron chi connectivity index (χ3n) is 2.87. The summed E-state index contributed by atoms with van der Waals surface area (Å²) in [7, 11) is 0. The lowest BCUT2D eigenvalue weighted by atomic mass is 10.2. The second-order valence-electron chi connectivity index (χ2n) is 4.47. The number of anilines is 1. The molecule has 0 unspecified atom stereocenters. The summed E-state index contributed by atoms with van der Waals surface area (Å²) in [6.45, 7) is 0. The van der Waals surface area contributed by atoms with Crippen LogP contribution in [0.2, 0.25) is 0 Å². The minimum Gasteiger partial charge on any atom is -0.506 e. The lowest BCUT2D eigenvalue weighted by molar-refractivity contribution is -0.274. The van der Waals surface area contributed by atoms with Crippen molar-refractivity contribution in [3.8, 4) is 22.1 Å². The highest BCUT2D eigenvalue weighted by atomic mass is 32.1. The summed E-state index contributed by atoms with van der Waals surface area (Å²) in [5, 5.41) is 10.2. The highest BCUT2D eigenvalue weighted by molar-refractivity contribution is 7.21. The first-order chi connectivity index (χ1) is 10.3. The van der Waals surface area contributed by atoms with Gasteiger partial charge in [-0.3, -0.25) is 0 Å². The van der Waals surface area contributed by atoms with Crippen LogP contribution in [-0.4, -0.2) is 16.5 Å². The zero-order valence-electron chi connectivity index (χ0n) is 10.9. The molecule has 0 amide bonds. The molecule has 8 heteroatoms. The first kappa shape index (κ1) is 14.5. The lowest BCUT2D eigenvalue weighted by Crippen LogP contribution is -2.16. The van der Waals surface area contributed by atoms with Crippen LogP contribution in [0, 0.1) is 0 Å². The van der Waals surface area contributed by atoms with Crippen molar-refractivity contribution < 1.29 is 23.0 Å². The first-order valence-electron chi connectivity index (χ1n) is 6.07. The third kappa shape index (κ3) is 2.91. The van der Waals surface area contributed by atoms with Crippen LogP contribution in [-0.2, 0) is 0 Å². The Morgan fingerprint density at radius 2 is 1.91 bits per heavy atom. The van der Waals surface area contributed by atoms with Crippen LogP contribution in [0.1, 0.15) is 0 Å². The number of ether oxygens (including phenoxy) is 1. The van der Waals surface area contributed by atoms with E-state index in [0.717, 1.165) is 0 Å². The maximum atomic E-state index is 12.2. The van der Waals surface area contributed by atoms with Gasteiger partial charge in [-0.05, 0) is 36.4 Å². The first-order valence-corrected chi connectivity index (χ1v) is 6.89. The summed E-state index contributed by atoms with van der Waals surface area (Å²) in [5.41, 5.74) is 6.95. The van der Waals surface area contributed by atoms with Crippen LogP contribution in [0.4, 0.5) is 18.9 Å². The molecule has 3 rings (SSSR count). The number of hydrogen-bond acceptors (Lipinski definition) is 5. The van der Waals surface area contributed by atoms with Gasteiger partial charge in [0.05, 0.1) is 15.9 Å². The molecule has 0 bridgehead atoms. The summed E-state index contributed by atoms with van der Waals surface area (Å²) in [4.78, 5) is 4.32. The van der Waals surface area contributed by atoms with E-state index in [1.165, 1.54) is 41.7 Å². The number of alkyl halides is 3. The topological polar surface area (TPSA) is 68.4 Å². The standard InChI is InChI=1S/C14H9F3N2O2S/c15-14(16,17)21-8-2-4-10-12(6-8)22-13(19-10)7-1-3-9(18)11(20)5-7/h1-6,20H,18H2. The van der Waals surface area contributed by atoms with Crippen molar-refractivity contribution in [2.75, 3.05) is 5.73 Å². The minimum atomic E-state index is -4.73. The van der Waals surface area contributed by atoms with Crippen LogP contribution in [0.15, 0.2) is 36.4 Å². The number of benzene rings is 2. The molecule has 0 radical (unpaired) electrons. The second-order valence-corrected chi connectivity index (χ2v) is 5.50. The number of nitrogen functional groups attached to an aromatic ring is 1. The molecular formula is C14H9F3N2O2S. The fraction of sp³-hybridized carbons (Fsp3) is 0.0714. The van der Waals surface area contributed by atoms with E-state index in [2.05, 4.69) is 9.72 Å². The number of thiazole rings is 1. The summed E-state index contributed by atoms with van der Waals surface area (Å²) in [6.07, 6.45) is -4.73. The van der Waals surface area contributed by atoms with Gasteiger partial charge in [0.25, 0.3) is 0 Å². The predicted octanol–water partition coefficient (Wildman–Crippen LogP) is 4.15. The lowest BCUT2D eigenvalue weighted by Gasteiger charge is -2.07. The second kappa shape index (κ2) is 5.06. The number of aromatic nitrogens is 1. The van der Waals surface area contributed by atoms with E-state index in [9.17, 15) is 18.3 Å². The van der Waals surface area contributed by atoms with Gasteiger partial charge in [0.1, 0.15) is 16.5 Å². The highest BCUT2D eigenvalue weighted by Crippen LogP contribution is 2.35. The predicted molar refractivity (Wildman–Crippen MR) is 77.8 cm³/mol.